The molecule has 0 saturated heterocycles. The van der Waals surface area contributed by atoms with Crippen LogP contribution < -0.4 is 0 Å². The van der Waals surface area contributed by atoms with Gasteiger partial charge < -0.3 is 0 Å². The van der Waals surface area contributed by atoms with E-state index in [1.165, 1.54) is 5.56 Å². The largest absolute Gasteiger partial charge is 0.247 e. The molecule has 3 aromatic rings. The van der Waals surface area contributed by atoms with Gasteiger partial charge in [-0.3, -0.25) is 0 Å². The van der Waals surface area contributed by atoms with Crippen molar-refractivity contribution < 1.29 is 0 Å². The molecule has 0 aliphatic heterocycles. The van der Waals surface area contributed by atoms with Crippen molar-refractivity contribution in [3.8, 4) is 11.3 Å². The SMILES string of the molecule is Cc1cccc2c(Br)cc(-c3ccccc3)nc12. The predicted molar refractivity (Wildman–Crippen MR) is 79.6 cm³/mol. The van der Waals surface area contributed by atoms with Crippen LogP contribution in [-0.4, -0.2) is 4.98 Å². The van der Waals surface area contributed by atoms with Crippen molar-refractivity contribution in [2.75, 3.05) is 0 Å². The normalized spacial score (nSPS) is 10.8. The molecule has 18 heavy (non-hydrogen) atoms. The van der Waals surface area contributed by atoms with Gasteiger partial charge in [0.05, 0.1) is 11.2 Å². The third-order valence-electron chi connectivity index (χ3n) is 3.06. The molecule has 1 aromatic heterocycles. The number of para-hydroxylation sites is 1. The minimum atomic E-state index is 1.00. The molecule has 1 heterocycles. The number of hydrogen-bond donors (Lipinski definition) is 0. The van der Waals surface area contributed by atoms with Crippen molar-refractivity contribution in [1.82, 2.24) is 4.98 Å². The van der Waals surface area contributed by atoms with Gasteiger partial charge in [-0.15, -0.1) is 0 Å². The van der Waals surface area contributed by atoms with E-state index in [4.69, 9.17) is 4.98 Å². The average Bonchev–Trinajstić information content (AvgIpc) is 2.41. The summed E-state index contributed by atoms with van der Waals surface area (Å²) >= 11 is 3.64. The van der Waals surface area contributed by atoms with Gasteiger partial charge in [-0.25, -0.2) is 4.98 Å². The van der Waals surface area contributed by atoms with Crippen LogP contribution in [0.1, 0.15) is 5.56 Å². The molecular formula is C16H12BrN. The van der Waals surface area contributed by atoms with Gasteiger partial charge in [0.15, 0.2) is 0 Å². The molecule has 0 aliphatic carbocycles. The number of benzene rings is 2. The average molecular weight is 298 g/mol. The Balaban J connectivity index is 2.31. The molecule has 3 rings (SSSR count). The fourth-order valence-electron chi connectivity index (χ4n) is 2.11. The highest BCUT2D eigenvalue weighted by molar-refractivity contribution is 9.10. The van der Waals surface area contributed by atoms with Crippen molar-refractivity contribution in [3.05, 3.63) is 64.6 Å². The zero-order valence-electron chi connectivity index (χ0n) is 10.0. The Morgan fingerprint density at radius 1 is 0.944 bits per heavy atom. The fraction of sp³-hybridized carbons (Fsp3) is 0.0625. The Labute approximate surface area is 115 Å². The van der Waals surface area contributed by atoms with Gasteiger partial charge in [-0.2, -0.15) is 0 Å². The number of aryl methyl sites for hydroxylation is 1. The molecule has 0 atom stereocenters. The number of pyridine rings is 1. The second-order valence-corrected chi connectivity index (χ2v) is 5.18. The topological polar surface area (TPSA) is 12.9 Å². The molecule has 0 spiro atoms. The molecule has 0 unspecified atom stereocenters. The van der Waals surface area contributed by atoms with Gasteiger partial charge in [0.2, 0.25) is 0 Å². The quantitative estimate of drug-likeness (QED) is 0.618. The molecular weight excluding hydrogens is 286 g/mol. The monoisotopic (exact) mass is 297 g/mol. The predicted octanol–water partition coefficient (Wildman–Crippen LogP) is 4.97. The molecule has 0 amide bonds. The lowest BCUT2D eigenvalue weighted by Gasteiger charge is -2.07. The second-order valence-electron chi connectivity index (χ2n) is 4.33. The van der Waals surface area contributed by atoms with E-state index in [9.17, 15) is 0 Å². The second kappa shape index (κ2) is 4.54. The molecule has 1 nitrogen and oxygen atoms in total. The first-order valence-corrected chi connectivity index (χ1v) is 6.66. The number of nitrogens with zero attached hydrogens (tertiary/aromatic N) is 1. The minimum Gasteiger partial charge on any atom is -0.247 e. The molecule has 0 fully saturated rings. The van der Waals surface area contributed by atoms with Crippen LogP contribution in [0.15, 0.2) is 59.1 Å². The molecule has 0 radical (unpaired) electrons. The van der Waals surface area contributed by atoms with Crippen LogP contribution in [0.25, 0.3) is 22.2 Å². The summed E-state index contributed by atoms with van der Waals surface area (Å²) in [4.78, 5) is 4.78. The Morgan fingerprint density at radius 2 is 1.72 bits per heavy atom. The summed E-state index contributed by atoms with van der Waals surface area (Å²) in [5, 5.41) is 1.16. The fourth-order valence-corrected chi connectivity index (χ4v) is 2.64. The van der Waals surface area contributed by atoms with Crippen molar-refractivity contribution in [2.45, 2.75) is 6.92 Å². The summed E-state index contributed by atoms with van der Waals surface area (Å²) in [6.07, 6.45) is 0. The highest BCUT2D eigenvalue weighted by Gasteiger charge is 2.06. The highest BCUT2D eigenvalue weighted by Crippen LogP contribution is 2.29. The molecule has 0 aliphatic rings. The molecule has 2 heteroatoms. The zero-order valence-corrected chi connectivity index (χ0v) is 11.6. The summed E-state index contributed by atoms with van der Waals surface area (Å²) in [7, 11) is 0. The third-order valence-corrected chi connectivity index (χ3v) is 3.72. The first-order valence-electron chi connectivity index (χ1n) is 5.87. The van der Waals surface area contributed by atoms with Crippen molar-refractivity contribution in [3.63, 3.8) is 0 Å². The maximum Gasteiger partial charge on any atom is 0.0750 e. The highest BCUT2D eigenvalue weighted by atomic mass is 79.9. The van der Waals surface area contributed by atoms with Gasteiger partial charge in [0.1, 0.15) is 0 Å². The Bertz CT molecular complexity index is 705. The van der Waals surface area contributed by atoms with Gasteiger partial charge in [0, 0.05) is 15.4 Å². The van der Waals surface area contributed by atoms with Crippen LogP contribution in [0.3, 0.4) is 0 Å². The Hall–Kier alpha value is -1.67. The van der Waals surface area contributed by atoms with Crippen LogP contribution >= 0.6 is 15.9 Å². The van der Waals surface area contributed by atoms with Gasteiger partial charge >= 0.3 is 0 Å². The first-order chi connectivity index (χ1) is 8.75. The summed E-state index contributed by atoms with van der Waals surface area (Å²) in [6, 6.07) is 18.6. The maximum absolute atomic E-state index is 4.78. The van der Waals surface area contributed by atoms with Crippen LogP contribution in [0, 0.1) is 6.92 Å². The number of fused-ring (bicyclic) bond motifs is 1. The van der Waals surface area contributed by atoms with Crippen LogP contribution in [0.2, 0.25) is 0 Å². The van der Waals surface area contributed by atoms with E-state index in [1.54, 1.807) is 0 Å². The lowest BCUT2D eigenvalue weighted by molar-refractivity contribution is 1.35. The van der Waals surface area contributed by atoms with Crippen LogP contribution in [-0.2, 0) is 0 Å². The molecule has 0 bridgehead atoms. The van der Waals surface area contributed by atoms with E-state index in [0.29, 0.717) is 0 Å². The van der Waals surface area contributed by atoms with Crippen molar-refractivity contribution >= 4 is 26.8 Å². The van der Waals surface area contributed by atoms with E-state index in [2.05, 4.69) is 59.3 Å². The summed E-state index contributed by atoms with van der Waals surface area (Å²) < 4.78 is 1.09. The van der Waals surface area contributed by atoms with Gasteiger partial charge in [-0.05, 0) is 18.6 Å². The van der Waals surface area contributed by atoms with E-state index in [1.807, 2.05) is 18.2 Å². The third kappa shape index (κ3) is 1.93. The number of aromatic nitrogens is 1. The molecule has 88 valence electrons. The summed E-state index contributed by atoms with van der Waals surface area (Å²) in [5.74, 6) is 0. The van der Waals surface area contributed by atoms with Crippen molar-refractivity contribution in [2.24, 2.45) is 0 Å². The van der Waals surface area contributed by atoms with Crippen LogP contribution in [0.4, 0.5) is 0 Å². The Morgan fingerprint density at radius 3 is 2.50 bits per heavy atom. The lowest BCUT2D eigenvalue weighted by Crippen LogP contribution is -1.89. The number of hydrogen-bond acceptors (Lipinski definition) is 1. The molecule has 0 N–H and O–H groups in total. The van der Waals surface area contributed by atoms with Gasteiger partial charge in [-0.1, -0.05) is 64.5 Å². The smallest absolute Gasteiger partial charge is 0.0750 e. The number of halogens is 1. The summed E-state index contributed by atoms with van der Waals surface area (Å²) in [6.45, 7) is 2.09. The number of rotatable bonds is 1. The van der Waals surface area contributed by atoms with Crippen LogP contribution in [0.5, 0.6) is 0 Å². The standard InChI is InChI=1S/C16H12BrN/c1-11-6-5-9-13-14(17)10-15(18-16(11)13)12-7-3-2-4-8-12/h2-10H,1H3. The first kappa shape index (κ1) is 11.4. The molecule has 2 aromatic carbocycles. The maximum atomic E-state index is 4.78. The minimum absolute atomic E-state index is 1.00. The van der Waals surface area contributed by atoms with E-state index in [0.717, 1.165) is 26.6 Å². The Kier molecular flexibility index (Phi) is 2.88. The summed E-state index contributed by atoms with van der Waals surface area (Å²) in [5.41, 5.74) is 4.41. The van der Waals surface area contributed by atoms with Crippen molar-refractivity contribution in [1.29, 1.82) is 0 Å². The lowest BCUT2D eigenvalue weighted by atomic mass is 10.1. The van der Waals surface area contributed by atoms with E-state index >= 15 is 0 Å². The molecule has 0 saturated carbocycles. The van der Waals surface area contributed by atoms with E-state index in [-0.39, 0.29) is 0 Å². The zero-order chi connectivity index (χ0) is 12.5. The van der Waals surface area contributed by atoms with Gasteiger partial charge in [0.25, 0.3) is 0 Å². The van der Waals surface area contributed by atoms with E-state index < -0.39 is 0 Å².